The molecule has 0 unspecified atom stereocenters. The summed E-state index contributed by atoms with van der Waals surface area (Å²) in [6.45, 7) is 3.97. The van der Waals surface area contributed by atoms with E-state index in [0.717, 1.165) is 11.6 Å². The highest BCUT2D eigenvalue weighted by Crippen LogP contribution is 2.39. The molecule has 5 heteroatoms. The first-order valence-corrected chi connectivity index (χ1v) is 7.13. The normalized spacial score (nSPS) is 11.6. The Morgan fingerprint density at radius 3 is 2.30 bits per heavy atom. The molecular weight excluding hydrogens is 305 g/mol. The number of alkyl halides is 3. The molecule has 0 amide bonds. The summed E-state index contributed by atoms with van der Waals surface area (Å²) in [5.74, 6) is 0.627. The van der Waals surface area contributed by atoms with Crippen molar-refractivity contribution in [3.8, 4) is 16.9 Å². The van der Waals surface area contributed by atoms with Crippen LogP contribution >= 0.6 is 0 Å². The van der Waals surface area contributed by atoms with Gasteiger partial charge in [0.15, 0.2) is 6.29 Å². The van der Waals surface area contributed by atoms with Crippen molar-refractivity contribution in [1.82, 2.24) is 0 Å². The number of methoxy groups -OCH3 is 1. The van der Waals surface area contributed by atoms with Crippen molar-refractivity contribution >= 4 is 6.29 Å². The zero-order valence-corrected chi connectivity index (χ0v) is 13.1. The quantitative estimate of drug-likeness (QED) is 0.712. The van der Waals surface area contributed by atoms with Gasteiger partial charge in [-0.15, -0.1) is 0 Å². The molecule has 0 aliphatic carbocycles. The fourth-order valence-corrected chi connectivity index (χ4v) is 2.47. The second-order valence-electron chi connectivity index (χ2n) is 5.50. The average molecular weight is 322 g/mol. The lowest BCUT2D eigenvalue weighted by Gasteiger charge is -2.17. The van der Waals surface area contributed by atoms with Crippen LogP contribution in [0.2, 0.25) is 0 Å². The summed E-state index contributed by atoms with van der Waals surface area (Å²) < 4.78 is 44.7. The van der Waals surface area contributed by atoms with Crippen molar-refractivity contribution in [3.05, 3.63) is 53.1 Å². The molecule has 2 aromatic carbocycles. The number of hydrogen-bond acceptors (Lipinski definition) is 2. The number of halogens is 3. The first kappa shape index (κ1) is 17.1. The third kappa shape index (κ3) is 3.38. The van der Waals surface area contributed by atoms with Gasteiger partial charge in [-0.1, -0.05) is 32.0 Å². The van der Waals surface area contributed by atoms with Gasteiger partial charge >= 0.3 is 6.18 Å². The van der Waals surface area contributed by atoms with Crippen molar-refractivity contribution in [3.63, 3.8) is 0 Å². The van der Waals surface area contributed by atoms with Crippen LogP contribution < -0.4 is 4.74 Å². The van der Waals surface area contributed by atoms with Gasteiger partial charge in [-0.05, 0) is 35.2 Å². The minimum atomic E-state index is -4.59. The molecule has 0 saturated heterocycles. The van der Waals surface area contributed by atoms with Gasteiger partial charge in [-0.2, -0.15) is 13.2 Å². The van der Waals surface area contributed by atoms with Crippen LogP contribution in [0, 0.1) is 0 Å². The lowest BCUT2D eigenvalue weighted by Crippen LogP contribution is -2.10. The van der Waals surface area contributed by atoms with Gasteiger partial charge in [-0.25, -0.2) is 0 Å². The molecule has 0 saturated carbocycles. The Labute approximate surface area is 132 Å². The molecule has 0 bridgehead atoms. The summed E-state index contributed by atoms with van der Waals surface area (Å²) in [7, 11) is 1.45. The molecule has 122 valence electrons. The van der Waals surface area contributed by atoms with Gasteiger partial charge < -0.3 is 4.74 Å². The summed E-state index contributed by atoms with van der Waals surface area (Å²) in [6, 6.07) is 9.05. The summed E-state index contributed by atoms with van der Waals surface area (Å²) in [5, 5.41) is 0. The number of rotatable bonds is 4. The zero-order valence-electron chi connectivity index (χ0n) is 13.1. The lowest BCUT2D eigenvalue weighted by atomic mass is 9.92. The molecule has 2 aromatic rings. The number of carbonyl (C=O) groups is 1. The maximum Gasteiger partial charge on any atom is 0.417 e. The topological polar surface area (TPSA) is 26.3 Å². The Morgan fingerprint density at radius 1 is 1.09 bits per heavy atom. The van der Waals surface area contributed by atoms with Gasteiger partial charge in [0, 0.05) is 11.1 Å². The van der Waals surface area contributed by atoms with Crippen molar-refractivity contribution < 1.29 is 22.7 Å². The SMILES string of the molecule is COc1ccc(C(C)C)cc1-c1cccc(C(F)(F)F)c1C=O. The van der Waals surface area contributed by atoms with Crippen molar-refractivity contribution in [2.24, 2.45) is 0 Å². The fourth-order valence-electron chi connectivity index (χ4n) is 2.47. The van der Waals surface area contributed by atoms with Crippen LogP contribution in [0.1, 0.15) is 41.3 Å². The maximum atomic E-state index is 13.1. The third-order valence-electron chi connectivity index (χ3n) is 3.71. The molecule has 0 heterocycles. The fraction of sp³-hybridized carbons (Fsp3) is 0.278. The molecular formula is C18H17F3O2. The van der Waals surface area contributed by atoms with Gasteiger partial charge in [0.1, 0.15) is 5.75 Å². The highest BCUT2D eigenvalue weighted by molar-refractivity contribution is 5.91. The lowest BCUT2D eigenvalue weighted by molar-refractivity contribution is -0.137. The van der Waals surface area contributed by atoms with E-state index in [1.54, 1.807) is 12.1 Å². The number of ether oxygens (including phenoxy) is 1. The first-order chi connectivity index (χ1) is 10.8. The summed E-state index contributed by atoms with van der Waals surface area (Å²) in [6.07, 6.45) is -4.34. The highest BCUT2D eigenvalue weighted by Gasteiger charge is 2.34. The molecule has 23 heavy (non-hydrogen) atoms. The molecule has 2 rings (SSSR count). The Bertz CT molecular complexity index is 719. The standard InChI is InChI=1S/C18H17F3O2/c1-11(2)12-7-8-17(23-3)14(9-12)13-5-4-6-16(15(13)10-22)18(19,20)21/h4-11H,1-3H3. The maximum absolute atomic E-state index is 13.1. The van der Waals surface area contributed by atoms with Gasteiger partial charge in [-0.3, -0.25) is 4.79 Å². The molecule has 0 aromatic heterocycles. The summed E-state index contributed by atoms with van der Waals surface area (Å²) >= 11 is 0. The molecule has 0 atom stereocenters. The van der Waals surface area contributed by atoms with E-state index < -0.39 is 11.7 Å². The monoisotopic (exact) mass is 322 g/mol. The molecule has 0 radical (unpaired) electrons. The van der Waals surface area contributed by atoms with E-state index in [9.17, 15) is 18.0 Å². The van der Waals surface area contributed by atoms with Crippen LogP contribution in [0.5, 0.6) is 5.75 Å². The van der Waals surface area contributed by atoms with E-state index in [4.69, 9.17) is 4.74 Å². The number of hydrogen-bond donors (Lipinski definition) is 0. The molecule has 0 aliphatic heterocycles. The molecule has 0 aliphatic rings. The molecule has 0 N–H and O–H groups in total. The number of carbonyl (C=O) groups excluding carboxylic acids is 1. The number of benzene rings is 2. The highest BCUT2D eigenvalue weighted by atomic mass is 19.4. The van der Waals surface area contributed by atoms with E-state index in [0.29, 0.717) is 11.3 Å². The number of aldehydes is 1. The van der Waals surface area contributed by atoms with Crippen LogP contribution in [0.4, 0.5) is 13.2 Å². The Balaban J connectivity index is 2.76. The van der Waals surface area contributed by atoms with Crippen LogP contribution in [0.25, 0.3) is 11.1 Å². The largest absolute Gasteiger partial charge is 0.496 e. The predicted octanol–water partition coefficient (Wildman–Crippen LogP) is 5.32. The second kappa shape index (κ2) is 6.44. The van der Waals surface area contributed by atoms with Crippen molar-refractivity contribution in [1.29, 1.82) is 0 Å². The summed E-state index contributed by atoms with van der Waals surface area (Å²) in [4.78, 5) is 11.3. The first-order valence-electron chi connectivity index (χ1n) is 7.13. The van der Waals surface area contributed by atoms with Gasteiger partial charge in [0.2, 0.25) is 0 Å². The van der Waals surface area contributed by atoms with E-state index in [-0.39, 0.29) is 23.3 Å². The average Bonchev–Trinajstić information content (AvgIpc) is 2.52. The minimum Gasteiger partial charge on any atom is -0.496 e. The molecule has 0 fully saturated rings. The smallest absolute Gasteiger partial charge is 0.417 e. The van der Waals surface area contributed by atoms with Gasteiger partial charge in [0.25, 0.3) is 0 Å². The van der Waals surface area contributed by atoms with Gasteiger partial charge in [0.05, 0.1) is 12.7 Å². The van der Waals surface area contributed by atoms with Crippen LogP contribution in [-0.4, -0.2) is 13.4 Å². The predicted molar refractivity (Wildman–Crippen MR) is 82.9 cm³/mol. The van der Waals surface area contributed by atoms with E-state index in [1.807, 2.05) is 19.9 Å². The minimum absolute atomic E-state index is 0.199. The Morgan fingerprint density at radius 2 is 1.78 bits per heavy atom. The second-order valence-corrected chi connectivity index (χ2v) is 5.50. The van der Waals surface area contributed by atoms with Crippen molar-refractivity contribution in [2.75, 3.05) is 7.11 Å². The molecule has 0 spiro atoms. The summed E-state index contributed by atoms with van der Waals surface area (Å²) in [5.41, 5.74) is 0.331. The van der Waals surface area contributed by atoms with Crippen LogP contribution in [-0.2, 0) is 6.18 Å². The van der Waals surface area contributed by atoms with Crippen LogP contribution in [0.3, 0.4) is 0 Å². The van der Waals surface area contributed by atoms with Crippen molar-refractivity contribution in [2.45, 2.75) is 25.9 Å². The Hall–Kier alpha value is -2.30. The van der Waals surface area contributed by atoms with E-state index in [2.05, 4.69) is 0 Å². The van der Waals surface area contributed by atoms with E-state index >= 15 is 0 Å². The third-order valence-corrected chi connectivity index (χ3v) is 3.71. The van der Waals surface area contributed by atoms with Crippen LogP contribution in [0.15, 0.2) is 36.4 Å². The zero-order chi connectivity index (χ0) is 17.2. The molecule has 2 nitrogen and oxygen atoms in total. The van der Waals surface area contributed by atoms with E-state index in [1.165, 1.54) is 19.2 Å². The Kier molecular flexibility index (Phi) is 4.78.